The van der Waals surface area contributed by atoms with E-state index in [0.29, 0.717) is 19.8 Å². The van der Waals surface area contributed by atoms with Gasteiger partial charge < -0.3 is 14.2 Å². The number of unbranched alkanes of at least 4 members (excludes halogenated alkanes) is 3. The highest BCUT2D eigenvalue weighted by molar-refractivity contribution is 5.91. The van der Waals surface area contributed by atoms with Gasteiger partial charge >= 0.3 is 11.9 Å². The first kappa shape index (κ1) is 23.1. The Balaban J connectivity index is 2.58. The van der Waals surface area contributed by atoms with Crippen LogP contribution in [0.1, 0.15) is 79.8 Å². The Kier molecular flexibility index (Phi) is 12.1. The van der Waals surface area contributed by atoms with Crippen molar-refractivity contribution < 1.29 is 23.8 Å². The van der Waals surface area contributed by atoms with E-state index >= 15 is 0 Å². The van der Waals surface area contributed by atoms with Crippen molar-refractivity contribution in [2.24, 2.45) is 5.92 Å². The summed E-state index contributed by atoms with van der Waals surface area (Å²) in [6.45, 7) is 5.51. The van der Waals surface area contributed by atoms with Gasteiger partial charge in [-0.05, 0) is 37.3 Å². The molecular weight excluding hydrogens is 346 g/mol. The fourth-order valence-electron chi connectivity index (χ4n) is 2.59. The molecule has 6 nitrogen and oxygen atoms in total. The molecule has 0 aromatic carbocycles. The maximum atomic E-state index is 12.3. The third kappa shape index (κ3) is 9.52. The molecule has 0 aliphatic rings. The van der Waals surface area contributed by atoms with Gasteiger partial charge in [-0.15, -0.1) is 0 Å². The quantitative estimate of drug-likeness (QED) is 0.352. The molecule has 6 heteroatoms. The summed E-state index contributed by atoms with van der Waals surface area (Å²) in [5.74, 6) is -0.769. The highest BCUT2D eigenvalue weighted by Gasteiger charge is 2.17. The van der Waals surface area contributed by atoms with E-state index in [-0.39, 0.29) is 17.3 Å². The lowest BCUT2D eigenvalue weighted by molar-refractivity contribution is 0.0392. The molecule has 1 aromatic rings. The summed E-state index contributed by atoms with van der Waals surface area (Å²) in [5, 5.41) is 0. The molecule has 27 heavy (non-hydrogen) atoms. The normalized spacial score (nSPS) is 11.8. The lowest BCUT2D eigenvalue weighted by Gasteiger charge is -2.16. The molecule has 152 valence electrons. The number of aromatic nitrogens is 1. The predicted octanol–water partition coefficient (Wildman–Crippen LogP) is 4.43. The van der Waals surface area contributed by atoms with Crippen LogP contribution in [-0.4, -0.2) is 43.9 Å². The molecule has 1 atom stereocenters. The number of ether oxygens (including phenoxy) is 3. The zero-order valence-corrected chi connectivity index (χ0v) is 16.9. The molecule has 0 aliphatic carbocycles. The smallest absolute Gasteiger partial charge is 0.356 e. The zero-order chi connectivity index (χ0) is 19.9. The largest absolute Gasteiger partial charge is 0.461 e. The highest BCUT2D eigenvalue weighted by atomic mass is 16.5. The SMILES string of the molecule is CCCCCC(CCOC)COC(=O)c1cccc(C(=O)OCCCC)n1. The molecule has 0 N–H and O–H groups in total. The van der Waals surface area contributed by atoms with Crippen molar-refractivity contribution in [3.8, 4) is 0 Å². The monoisotopic (exact) mass is 379 g/mol. The lowest BCUT2D eigenvalue weighted by Crippen LogP contribution is -2.18. The van der Waals surface area contributed by atoms with Gasteiger partial charge in [-0.2, -0.15) is 0 Å². The second-order valence-corrected chi connectivity index (χ2v) is 6.64. The van der Waals surface area contributed by atoms with Crippen LogP contribution in [0.25, 0.3) is 0 Å². The summed E-state index contributed by atoms with van der Waals surface area (Å²) in [7, 11) is 1.67. The van der Waals surface area contributed by atoms with Crippen LogP contribution in [0.15, 0.2) is 18.2 Å². The van der Waals surface area contributed by atoms with Crippen molar-refractivity contribution in [2.75, 3.05) is 26.9 Å². The van der Waals surface area contributed by atoms with E-state index in [1.807, 2.05) is 6.92 Å². The van der Waals surface area contributed by atoms with Crippen LogP contribution >= 0.6 is 0 Å². The third-order valence-electron chi connectivity index (χ3n) is 4.29. The molecular formula is C21H33NO5. The summed E-state index contributed by atoms with van der Waals surface area (Å²) in [6.07, 6.45) is 7.03. The third-order valence-corrected chi connectivity index (χ3v) is 4.29. The fraction of sp³-hybridized carbons (Fsp3) is 0.667. The molecule has 1 unspecified atom stereocenters. The molecule has 0 amide bonds. The van der Waals surface area contributed by atoms with Gasteiger partial charge in [0, 0.05) is 13.7 Å². The predicted molar refractivity (Wildman–Crippen MR) is 104 cm³/mol. The van der Waals surface area contributed by atoms with E-state index in [4.69, 9.17) is 14.2 Å². The summed E-state index contributed by atoms with van der Waals surface area (Å²) >= 11 is 0. The second-order valence-electron chi connectivity index (χ2n) is 6.64. The highest BCUT2D eigenvalue weighted by Crippen LogP contribution is 2.15. The number of hydrogen-bond donors (Lipinski definition) is 0. The van der Waals surface area contributed by atoms with Gasteiger partial charge in [-0.3, -0.25) is 0 Å². The zero-order valence-electron chi connectivity index (χ0n) is 16.9. The number of pyridine rings is 1. The van der Waals surface area contributed by atoms with Crippen molar-refractivity contribution in [3.63, 3.8) is 0 Å². The number of esters is 2. The Morgan fingerprint density at radius 3 is 2.22 bits per heavy atom. The average Bonchev–Trinajstić information content (AvgIpc) is 2.69. The van der Waals surface area contributed by atoms with Gasteiger partial charge in [0.15, 0.2) is 0 Å². The minimum absolute atomic E-state index is 0.124. The Hall–Kier alpha value is -1.95. The Labute approximate surface area is 162 Å². The van der Waals surface area contributed by atoms with Crippen molar-refractivity contribution in [1.82, 2.24) is 4.98 Å². The molecule has 0 saturated heterocycles. The first-order chi connectivity index (χ1) is 13.1. The van der Waals surface area contributed by atoms with Crippen molar-refractivity contribution in [2.45, 2.75) is 58.8 Å². The van der Waals surface area contributed by atoms with Crippen LogP contribution in [0.2, 0.25) is 0 Å². The van der Waals surface area contributed by atoms with Gasteiger partial charge in [-0.25, -0.2) is 14.6 Å². The maximum absolute atomic E-state index is 12.3. The van der Waals surface area contributed by atoms with Crippen LogP contribution < -0.4 is 0 Å². The van der Waals surface area contributed by atoms with E-state index in [1.165, 1.54) is 12.5 Å². The molecule has 0 radical (unpaired) electrons. The van der Waals surface area contributed by atoms with Crippen molar-refractivity contribution >= 4 is 11.9 Å². The van der Waals surface area contributed by atoms with Gasteiger partial charge in [0.25, 0.3) is 0 Å². The van der Waals surface area contributed by atoms with E-state index in [2.05, 4.69) is 11.9 Å². The molecule has 0 bridgehead atoms. The summed E-state index contributed by atoms with van der Waals surface area (Å²) in [4.78, 5) is 28.4. The number of rotatable bonds is 14. The van der Waals surface area contributed by atoms with Crippen molar-refractivity contribution in [1.29, 1.82) is 0 Å². The van der Waals surface area contributed by atoms with Crippen LogP contribution in [0.3, 0.4) is 0 Å². The fourth-order valence-corrected chi connectivity index (χ4v) is 2.59. The molecule has 0 fully saturated rings. The topological polar surface area (TPSA) is 74.7 Å². The minimum Gasteiger partial charge on any atom is -0.461 e. The maximum Gasteiger partial charge on any atom is 0.356 e. The van der Waals surface area contributed by atoms with Crippen LogP contribution in [0, 0.1) is 5.92 Å². The van der Waals surface area contributed by atoms with Gasteiger partial charge in [-0.1, -0.05) is 45.6 Å². The Bertz CT molecular complexity index is 561. The van der Waals surface area contributed by atoms with Crippen LogP contribution in [0.5, 0.6) is 0 Å². The first-order valence-corrected chi connectivity index (χ1v) is 9.92. The van der Waals surface area contributed by atoms with Gasteiger partial charge in [0.1, 0.15) is 11.4 Å². The summed E-state index contributed by atoms with van der Waals surface area (Å²) in [6, 6.07) is 4.70. The molecule has 1 heterocycles. The van der Waals surface area contributed by atoms with Crippen LogP contribution in [0.4, 0.5) is 0 Å². The van der Waals surface area contributed by atoms with Gasteiger partial charge in [0.05, 0.1) is 13.2 Å². The molecule has 1 aromatic heterocycles. The summed E-state index contributed by atoms with van der Waals surface area (Å²) < 4.78 is 15.7. The first-order valence-electron chi connectivity index (χ1n) is 9.92. The summed E-state index contributed by atoms with van der Waals surface area (Å²) in [5.41, 5.74) is 0.249. The van der Waals surface area contributed by atoms with E-state index in [1.54, 1.807) is 19.2 Å². The van der Waals surface area contributed by atoms with E-state index in [9.17, 15) is 9.59 Å². The lowest BCUT2D eigenvalue weighted by atomic mass is 9.99. The molecule has 0 spiro atoms. The number of carbonyl (C=O) groups is 2. The average molecular weight is 379 g/mol. The molecule has 1 rings (SSSR count). The standard InChI is InChI=1S/C21H33NO5/c1-4-6-8-10-17(13-15-25-3)16-27-21(24)19-12-9-11-18(22-19)20(23)26-14-7-5-2/h9,11-12,17H,4-8,10,13-16H2,1-3H3. The second kappa shape index (κ2) is 14.2. The number of carbonyl (C=O) groups excluding carboxylic acids is 2. The Morgan fingerprint density at radius 2 is 1.59 bits per heavy atom. The van der Waals surface area contributed by atoms with Crippen molar-refractivity contribution in [3.05, 3.63) is 29.6 Å². The molecule has 0 aliphatic heterocycles. The Morgan fingerprint density at radius 1 is 0.926 bits per heavy atom. The van der Waals surface area contributed by atoms with Gasteiger partial charge in [0.2, 0.25) is 0 Å². The minimum atomic E-state index is -0.518. The number of nitrogens with zero attached hydrogens (tertiary/aromatic N) is 1. The number of hydrogen-bond acceptors (Lipinski definition) is 6. The van der Waals surface area contributed by atoms with E-state index < -0.39 is 11.9 Å². The van der Waals surface area contributed by atoms with Crippen LogP contribution in [-0.2, 0) is 14.2 Å². The molecule has 0 saturated carbocycles. The number of methoxy groups -OCH3 is 1. The van der Waals surface area contributed by atoms with E-state index in [0.717, 1.165) is 38.5 Å².